The third-order valence-corrected chi connectivity index (χ3v) is 8.30. The molecular weight excluding hydrogens is 441 g/mol. The van der Waals surface area contributed by atoms with Crippen LogP contribution in [0.15, 0.2) is 58.8 Å². The molecule has 0 N–H and O–H groups in total. The fraction of sp³-hybridized carbons (Fsp3) is 0.476. The van der Waals surface area contributed by atoms with Gasteiger partial charge in [0.25, 0.3) is 0 Å². The lowest BCUT2D eigenvalue weighted by molar-refractivity contribution is -0.152. The van der Waals surface area contributed by atoms with E-state index in [4.69, 9.17) is 4.74 Å². The molecule has 29 heavy (non-hydrogen) atoms. The van der Waals surface area contributed by atoms with Crippen molar-refractivity contribution in [3.63, 3.8) is 0 Å². The Kier molecular flexibility index (Phi) is 12.2. The van der Waals surface area contributed by atoms with Crippen molar-refractivity contribution in [3.05, 3.63) is 48.8 Å². The van der Waals surface area contributed by atoms with Crippen molar-refractivity contribution in [2.75, 3.05) is 12.4 Å². The van der Waals surface area contributed by atoms with E-state index in [9.17, 15) is 4.79 Å². The zero-order valence-corrected chi connectivity index (χ0v) is 21.1. The van der Waals surface area contributed by atoms with Gasteiger partial charge in [-0.25, -0.2) is 9.97 Å². The Bertz CT molecular complexity index is 702. The highest BCUT2D eigenvalue weighted by molar-refractivity contribution is 8.77. The van der Waals surface area contributed by atoms with E-state index in [0.717, 1.165) is 15.8 Å². The van der Waals surface area contributed by atoms with Crippen molar-refractivity contribution >= 4 is 49.1 Å². The van der Waals surface area contributed by atoms with Crippen LogP contribution >= 0.6 is 43.2 Å². The van der Waals surface area contributed by atoms with Gasteiger partial charge in [0.1, 0.15) is 16.7 Å². The van der Waals surface area contributed by atoms with Crippen molar-refractivity contribution < 1.29 is 9.53 Å². The fourth-order valence-corrected chi connectivity index (χ4v) is 5.03. The van der Waals surface area contributed by atoms with Crippen molar-refractivity contribution in [2.45, 2.75) is 56.3 Å². The Hall–Kier alpha value is -0.830. The number of rotatable bonds is 7. The van der Waals surface area contributed by atoms with Gasteiger partial charge in [0.15, 0.2) is 0 Å². The molecule has 0 unspecified atom stereocenters. The number of carbonyl (C=O) groups excluding carboxylic acids is 1. The Balaban J connectivity index is 0.000000308. The molecule has 2 aromatic rings. The molecule has 2 heterocycles. The van der Waals surface area contributed by atoms with Crippen LogP contribution in [-0.2, 0) is 9.53 Å². The third kappa shape index (κ3) is 13.9. The molecule has 0 aliphatic heterocycles. The van der Waals surface area contributed by atoms with Crippen LogP contribution in [0.5, 0.6) is 0 Å². The molecule has 0 saturated carbocycles. The van der Waals surface area contributed by atoms with Crippen LogP contribution in [0.2, 0.25) is 0 Å². The fourth-order valence-electron chi connectivity index (χ4n) is 1.45. The van der Waals surface area contributed by atoms with Gasteiger partial charge in [-0.2, -0.15) is 0 Å². The smallest absolute Gasteiger partial charge is 0.311 e. The summed E-state index contributed by atoms with van der Waals surface area (Å²) in [6.45, 7) is 12.6. The highest BCUT2D eigenvalue weighted by Gasteiger charge is 2.22. The topological polar surface area (TPSA) is 52.1 Å². The Morgan fingerprint density at radius 1 is 0.897 bits per heavy atom. The number of esters is 1. The number of aromatic nitrogens is 2. The summed E-state index contributed by atoms with van der Waals surface area (Å²) < 4.78 is 5.44. The van der Waals surface area contributed by atoms with Gasteiger partial charge in [0, 0.05) is 22.9 Å². The first-order chi connectivity index (χ1) is 13.6. The van der Waals surface area contributed by atoms with Gasteiger partial charge < -0.3 is 4.74 Å². The lowest BCUT2D eigenvalue weighted by atomic mass is 9.97. The molecule has 0 spiro atoms. The molecule has 0 radical (unpaired) electrons. The molecule has 160 valence electrons. The van der Waals surface area contributed by atoms with Crippen LogP contribution in [0.4, 0.5) is 0 Å². The highest BCUT2D eigenvalue weighted by atomic mass is 33.1. The van der Waals surface area contributed by atoms with Crippen molar-refractivity contribution in [1.82, 2.24) is 9.97 Å². The van der Waals surface area contributed by atoms with Gasteiger partial charge in [0.05, 0.1) is 5.41 Å². The van der Waals surface area contributed by atoms with Gasteiger partial charge >= 0.3 is 5.97 Å². The molecule has 0 amide bonds. The first-order valence-corrected chi connectivity index (χ1v) is 13.7. The number of carbonyl (C=O) groups is 1. The standard InChI is InChI=1S/C12H17NO2S2.C9H13NS2/c1-12(2,3)11(14)15-8-9-16-17-10-6-4-5-7-13-10;1-9(2,3)12-11-8-6-4-5-7-10-8/h4-7H,8-9H2,1-3H3;4-7H,1-3H3. The summed E-state index contributed by atoms with van der Waals surface area (Å²) in [7, 11) is 6.80. The van der Waals surface area contributed by atoms with Crippen LogP contribution in [0.25, 0.3) is 0 Å². The number of nitrogens with zero attached hydrogens (tertiary/aromatic N) is 2. The molecule has 4 nitrogen and oxygen atoms in total. The van der Waals surface area contributed by atoms with Gasteiger partial charge in [-0.1, -0.05) is 54.5 Å². The van der Waals surface area contributed by atoms with Crippen molar-refractivity contribution in [3.8, 4) is 0 Å². The summed E-state index contributed by atoms with van der Waals surface area (Å²) in [6.07, 6.45) is 3.59. The average molecular weight is 471 g/mol. The van der Waals surface area contributed by atoms with E-state index < -0.39 is 5.41 Å². The van der Waals surface area contributed by atoms with Crippen LogP contribution in [0.3, 0.4) is 0 Å². The summed E-state index contributed by atoms with van der Waals surface area (Å²) >= 11 is 0. The molecule has 0 atom stereocenters. The summed E-state index contributed by atoms with van der Waals surface area (Å²) in [5.74, 6) is 0.615. The quantitative estimate of drug-likeness (QED) is 0.243. The first kappa shape index (κ1) is 26.2. The Morgan fingerprint density at radius 2 is 1.45 bits per heavy atom. The predicted octanol–water partition coefficient (Wildman–Crippen LogP) is 7.03. The molecular formula is C21H30N2O2S4. The predicted molar refractivity (Wildman–Crippen MR) is 130 cm³/mol. The van der Waals surface area contributed by atoms with E-state index in [1.807, 2.05) is 74.2 Å². The zero-order valence-electron chi connectivity index (χ0n) is 17.9. The molecule has 0 aliphatic rings. The largest absolute Gasteiger partial charge is 0.464 e. The second kappa shape index (κ2) is 13.5. The summed E-state index contributed by atoms with van der Waals surface area (Å²) in [5.41, 5.74) is -0.418. The van der Waals surface area contributed by atoms with Crippen LogP contribution in [-0.4, -0.2) is 33.0 Å². The van der Waals surface area contributed by atoms with E-state index in [0.29, 0.717) is 11.4 Å². The van der Waals surface area contributed by atoms with Gasteiger partial charge in [0.2, 0.25) is 0 Å². The van der Waals surface area contributed by atoms with Gasteiger partial charge in [-0.05, 0) is 66.6 Å². The second-order valence-corrected chi connectivity index (χ2v) is 13.3. The number of ether oxygens (including phenoxy) is 1. The molecule has 0 saturated heterocycles. The molecule has 0 aliphatic carbocycles. The minimum Gasteiger partial charge on any atom is -0.464 e. The van der Waals surface area contributed by atoms with Crippen molar-refractivity contribution in [1.29, 1.82) is 0 Å². The molecule has 2 rings (SSSR count). The monoisotopic (exact) mass is 470 g/mol. The van der Waals surface area contributed by atoms with Crippen LogP contribution < -0.4 is 0 Å². The third-order valence-electron chi connectivity index (χ3n) is 2.81. The second-order valence-electron chi connectivity index (χ2n) is 7.91. The lowest BCUT2D eigenvalue weighted by Gasteiger charge is -2.16. The van der Waals surface area contributed by atoms with E-state index in [2.05, 4.69) is 30.7 Å². The van der Waals surface area contributed by atoms with Crippen LogP contribution in [0, 0.1) is 5.41 Å². The maximum absolute atomic E-state index is 11.4. The highest BCUT2D eigenvalue weighted by Crippen LogP contribution is 2.39. The normalized spacial score (nSPS) is 11.4. The summed E-state index contributed by atoms with van der Waals surface area (Å²) in [5, 5.41) is 2.05. The molecule has 2 aromatic heterocycles. The zero-order chi connectivity index (χ0) is 21.8. The van der Waals surface area contributed by atoms with E-state index in [-0.39, 0.29) is 5.97 Å². The Morgan fingerprint density at radius 3 is 1.90 bits per heavy atom. The number of hydrogen-bond acceptors (Lipinski definition) is 8. The molecule has 0 fully saturated rings. The van der Waals surface area contributed by atoms with Gasteiger partial charge in [-0.3, -0.25) is 4.79 Å². The molecule has 0 bridgehead atoms. The first-order valence-electron chi connectivity index (χ1n) is 9.22. The number of pyridine rings is 2. The molecule has 0 aromatic carbocycles. The lowest BCUT2D eigenvalue weighted by Crippen LogP contribution is -2.23. The SMILES string of the molecule is CC(C)(C)C(=O)OCCSSc1ccccn1.CC(C)(C)SSc1ccccn1. The van der Waals surface area contributed by atoms with E-state index >= 15 is 0 Å². The van der Waals surface area contributed by atoms with Crippen molar-refractivity contribution in [2.24, 2.45) is 5.41 Å². The van der Waals surface area contributed by atoms with E-state index in [1.165, 1.54) is 0 Å². The molecule has 8 heteroatoms. The summed E-state index contributed by atoms with van der Waals surface area (Å²) in [6, 6.07) is 11.8. The average Bonchev–Trinajstić information content (AvgIpc) is 2.67. The maximum Gasteiger partial charge on any atom is 0.311 e. The number of hydrogen-bond donors (Lipinski definition) is 0. The maximum atomic E-state index is 11.4. The van der Waals surface area contributed by atoms with E-state index in [1.54, 1.807) is 38.6 Å². The van der Waals surface area contributed by atoms with Crippen LogP contribution in [0.1, 0.15) is 41.5 Å². The minimum absolute atomic E-state index is 0.152. The summed E-state index contributed by atoms with van der Waals surface area (Å²) in [4.78, 5) is 19.9. The Labute approximate surface area is 191 Å². The minimum atomic E-state index is -0.418. The van der Waals surface area contributed by atoms with Gasteiger partial charge in [-0.15, -0.1) is 0 Å².